The monoisotopic (exact) mass is 524 g/mol. The van der Waals surface area contributed by atoms with E-state index in [1.807, 2.05) is 85.3 Å². The topological polar surface area (TPSA) is 76.5 Å². The van der Waals surface area contributed by atoms with Gasteiger partial charge in [-0.1, -0.05) is 50.2 Å². The number of aryl methyl sites for hydroxylation is 2. The number of anilines is 1. The molecule has 0 radical (unpaired) electrons. The van der Waals surface area contributed by atoms with Crippen molar-refractivity contribution in [1.29, 1.82) is 0 Å². The Balaban J connectivity index is 1.60. The zero-order chi connectivity index (χ0) is 27.9. The van der Waals surface area contributed by atoms with Crippen LogP contribution in [0.15, 0.2) is 79.0 Å². The third kappa shape index (κ3) is 7.13. The third-order valence-electron chi connectivity index (χ3n) is 6.58. The van der Waals surface area contributed by atoms with Crippen LogP contribution in [-0.2, 0) is 16.0 Å². The molecule has 0 saturated carbocycles. The van der Waals surface area contributed by atoms with Crippen molar-refractivity contribution in [2.75, 3.05) is 25.5 Å². The predicted octanol–water partition coefficient (Wildman–Crippen LogP) is 5.83. The first-order valence-corrected chi connectivity index (χ1v) is 13.2. The summed E-state index contributed by atoms with van der Waals surface area (Å²) in [5.41, 5.74) is 5.74. The van der Waals surface area contributed by atoms with Gasteiger partial charge in [-0.2, -0.15) is 0 Å². The number of rotatable bonds is 10. The van der Waals surface area contributed by atoms with Crippen molar-refractivity contribution in [1.82, 2.24) is 14.5 Å². The van der Waals surface area contributed by atoms with E-state index in [4.69, 9.17) is 9.72 Å². The number of hydrogen-bond acceptors (Lipinski definition) is 4. The lowest BCUT2D eigenvalue weighted by Gasteiger charge is -2.24. The Morgan fingerprint density at radius 3 is 2.33 bits per heavy atom. The van der Waals surface area contributed by atoms with Crippen LogP contribution in [0.2, 0.25) is 0 Å². The lowest BCUT2D eigenvalue weighted by Crippen LogP contribution is -2.41. The molecular weight excluding hydrogens is 488 g/mol. The predicted molar refractivity (Wildman–Crippen MR) is 155 cm³/mol. The molecular formula is C32H36N4O3. The van der Waals surface area contributed by atoms with Gasteiger partial charge in [0.25, 0.3) is 0 Å². The fraction of sp³-hybridized carbons (Fsp3) is 0.281. The minimum absolute atomic E-state index is 0.0541. The van der Waals surface area contributed by atoms with Crippen LogP contribution in [0.25, 0.3) is 16.9 Å². The Morgan fingerprint density at radius 1 is 0.974 bits per heavy atom. The molecule has 0 fully saturated rings. The van der Waals surface area contributed by atoms with E-state index in [2.05, 4.69) is 31.3 Å². The number of amides is 2. The fourth-order valence-electron chi connectivity index (χ4n) is 4.36. The van der Waals surface area contributed by atoms with Crippen LogP contribution in [0.1, 0.15) is 30.5 Å². The van der Waals surface area contributed by atoms with E-state index in [0.717, 1.165) is 28.1 Å². The molecule has 0 aliphatic rings. The van der Waals surface area contributed by atoms with Gasteiger partial charge in [0.15, 0.2) is 0 Å². The molecule has 1 N–H and O–H groups in total. The number of aromatic nitrogens is 2. The first-order chi connectivity index (χ1) is 18.7. The molecule has 3 aromatic carbocycles. The highest BCUT2D eigenvalue weighted by Crippen LogP contribution is 2.27. The summed E-state index contributed by atoms with van der Waals surface area (Å²) in [4.78, 5) is 32.9. The van der Waals surface area contributed by atoms with E-state index < -0.39 is 0 Å². The smallest absolute Gasteiger partial charge is 0.246 e. The first-order valence-electron chi connectivity index (χ1n) is 13.2. The fourth-order valence-corrected chi connectivity index (χ4v) is 4.36. The maximum Gasteiger partial charge on any atom is 0.246 e. The van der Waals surface area contributed by atoms with Crippen molar-refractivity contribution >= 4 is 17.8 Å². The van der Waals surface area contributed by atoms with Crippen molar-refractivity contribution in [2.24, 2.45) is 5.92 Å². The highest BCUT2D eigenvalue weighted by Gasteiger charge is 2.21. The number of carbonyl (C=O) groups is 2. The van der Waals surface area contributed by atoms with Gasteiger partial charge in [-0.25, -0.2) is 4.98 Å². The largest absolute Gasteiger partial charge is 0.497 e. The average molecular weight is 525 g/mol. The molecule has 7 nitrogen and oxygen atoms in total. The van der Waals surface area contributed by atoms with E-state index in [1.54, 1.807) is 12.0 Å². The van der Waals surface area contributed by atoms with Crippen LogP contribution < -0.4 is 10.1 Å². The Kier molecular flexibility index (Phi) is 8.81. The van der Waals surface area contributed by atoms with Gasteiger partial charge in [-0.3, -0.25) is 19.5 Å². The number of carbonyl (C=O) groups excluding carboxylic acids is 2. The summed E-state index contributed by atoms with van der Waals surface area (Å²) in [5.74, 6) is 0.993. The van der Waals surface area contributed by atoms with Crippen LogP contribution in [0.3, 0.4) is 0 Å². The molecule has 0 bridgehead atoms. The van der Waals surface area contributed by atoms with E-state index in [1.165, 1.54) is 5.56 Å². The summed E-state index contributed by atoms with van der Waals surface area (Å²) < 4.78 is 7.16. The zero-order valence-electron chi connectivity index (χ0n) is 23.3. The lowest BCUT2D eigenvalue weighted by atomic mass is 10.1. The maximum atomic E-state index is 13.3. The van der Waals surface area contributed by atoms with Crippen LogP contribution in [0.5, 0.6) is 5.75 Å². The number of hydrogen-bond donors (Lipinski definition) is 1. The lowest BCUT2D eigenvalue weighted by molar-refractivity contribution is -0.134. The molecule has 202 valence electrons. The molecule has 0 saturated heterocycles. The first kappa shape index (κ1) is 27.6. The molecule has 39 heavy (non-hydrogen) atoms. The number of methoxy groups -OCH3 is 1. The van der Waals surface area contributed by atoms with Crippen molar-refractivity contribution in [3.05, 3.63) is 95.7 Å². The van der Waals surface area contributed by atoms with Crippen LogP contribution in [0, 0.1) is 19.8 Å². The van der Waals surface area contributed by atoms with E-state index >= 15 is 0 Å². The van der Waals surface area contributed by atoms with Gasteiger partial charge in [0.1, 0.15) is 5.75 Å². The standard InChI is InChI=1S/C32H36N4O3/c1-22(2)19-35(31(38)18-25-9-7-6-8-10-25)21-30(37)34-32-33-29(26-12-15-28(39-5)16-13-26)20-36(32)27-14-11-23(3)24(4)17-27/h6-17,20,22H,18-19,21H2,1-5H3,(H,33,34,37). The van der Waals surface area contributed by atoms with Gasteiger partial charge in [0.2, 0.25) is 17.8 Å². The summed E-state index contributed by atoms with van der Waals surface area (Å²) in [5, 5.41) is 2.97. The van der Waals surface area contributed by atoms with E-state index in [-0.39, 0.29) is 30.7 Å². The van der Waals surface area contributed by atoms with Crippen molar-refractivity contribution in [3.63, 3.8) is 0 Å². The molecule has 1 heterocycles. The molecule has 4 rings (SSSR count). The Hall–Kier alpha value is -4.39. The number of benzene rings is 3. The van der Waals surface area contributed by atoms with Crippen molar-refractivity contribution < 1.29 is 14.3 Å². The molecule has 4 aromatic rings. The molecule has 7 heteroatoms. The Morgan fingerprint density at radius 2 is 1.69 bits per heavy atom. The quantitative estimate of drug-likeness (QED) is 0.283. The van der Waals surface area contributed by atoms with Crippen LogP contribution >= 0.6 is 0 Å². The molecule has 0 aliphatic carbocycles. The normalized spacial score (nSPS) is 10.9. The molecule has 2 amide bonds. The van der Waals surface area contributed by atoms with Gasteiger partial charge < -0.3 is 9.64 Å². The third-order valence-corrected chi connectivity index (χ3v) is 6.58. The minimum atomic E-state index is -0.297. The Labute approximate surface area is 230 Å². The zero-order valence-corrected chi connectivity index (χ0v) is 23.3. The van der Waals surface area contributed by atoms with Crippen LogP contribution in [0.4, 0.5) is 5.95 Å². The second-order valence-electron chi connectivity index (χ2n) is 10.2. The van der Waals surface area contributed by atoms with E-state index in [9.17, 15) is 9.59 Å². The highest BCUT2D eigenvalue weighted by molar-refractivity contribution is 5.94. The molecule has 0 spiro atoms. The van der Waals surface area contributed by atoms with Gasteiger partial charge in [0.05, 0.1) is 25.8 Å². The molecule has 0 aliphatic heterocycles. The number of nitrogens with zero attached hydrogens (tertiary/aromatic N) is 3. The second kappa shape index (κ2) is 12.4. The van der Waals surface area contributed by atoms with Crippen molar-refractivity contribution in [3.8, 4) is 22.7 Å². The van der Waals surface area contributed by atoms with Gasteiger partial charge in [0, 0.05) is 24.0 Å². The maximum absolute atomic E-state index is 13.3. The number of nitrogens with one attached hydrogen (secondary N) is 1. The summed E-state index contributed by atoms with van der Waals surface area (Å²) in [6, 6.07) is 23.3. The van der Waals surface area contributed by atoms with Gasteiger partial charge in [-0.15, -0.1) is 0 Å². The Bertz CT molecular complexity index is 1430. The highest BCUT2D eigenvalue weighted by atomic mass is 16.5. The molecule has 0 atom stereocenters. The molecule has 1 aromatic heterocycles. The number of imidazole rings is 1. The summed E-state index contributed by atoms with van der Waals surface area (Å²) in [6.07, 6.45) is 2.16. The number of ether oxygens (including phenoxy) is 1. The second-order valence-corrected chi connectivity index (χ2v) is 10.2. The SMILES string of the molecule is COc1ccc(-c2cn(-c3ccc(C)c(C)c3)c(NC(=O)CN(CC(C)C)C(=O)Cc3ccccc3)n2)cc1. The summed E-state index contributed by atoms with van der Waals surface area (Å²) in [6.45, 7) is 8.63. The summed E-state index contributed by atoms with van der Waals surface area (Å²) >= 11 is 0. The van der Waals surface area contributed by atoms with Crippen LogP contribution in [-0.4, -0.2) is 46.5 Å². The van der Waals surface area contributed by atoms with Crippen molar-refractivity contribution in [2.45, 2.75) is 34.1 Å². The van der Waals surface area contributed by atoms with E-state index in [0.29, 0.717) is 18.2 Å². The van der Waals surface area contributed by atoms with Gasteiger partial charge >= 0.3 is 0 Å². The van der Waals surface area contributed by atoms with Gasteiger partial charge in [-0.05, 0) is 72.9 Å². The minimum Gasteiger partial charge on any atom is -0.497 e. The summed E-state index contributed by atoms with van der Waals surface area (Å²) in [7, 11) is 1.63. The average Bonchev–Trinajstić information content (AvgIpc) is 3.33. The molecule has 0 unspecified atom stereocenters.